The summed E-state index contributed by atoms with van der Waals surface area (Å²) in [6.07, 6.45) is -0.406. The highest BCUT2D eigenvalue weighted by Crippen LogP contribution is 2.20. The number of hydrogen-bond acceptors (Lipinski definition) is 6. The van der Waals surface area contributed by atoms with Gasteiger partial charge in [0.15, 0.2) is 6.23 Å². The second-order valence-corrected chi connectivity index (χ2v) is 5.72. The van der Waals surface area contributed by atoms with E-state index >= 15 is 0 Å². The monoisotopic (exact) mass is 341 g/mol. The zero-order chi connectivity index (χ0) is 17.9. The minimum Gasteiger partial charge on any atom is -0.481 e. The molecule has 0 radical (unpaired) electrons. The van der Waals surface area contributed by atoms with E-state index in [1.165, 1.54) is 10.8 Å². The van der Waals surface area contributed by atoms with Crippen LogP contribution in [0.3, 0.4) is 0 Å². The molecule has 0 bridgehead atoms. The lowest BCUT2D eigenvalue weighted by atomic mass is 9.97. The van der Waals surface area contributed by atoms with Gasteiger partial charge in [0, 0.05) is 24.8 Å². The SMILES string of the molecule is Cc1cn([C@H]2CNC[C@H](CC(CC(=O)O)C(=O)O)O2)c(=O)[nH]c1=O. The number of carboxylic acid groups (broad SMARTS) is 2. The van der Waals surface area contributed by atoms with Crippen LogP contribution in [0.15, 0.2) is 15.8 Å². The average molecular weight is 341 g/mol. The van der Waals surface area contributed by atoms with Crippen LogP contribution < -0.4 is 16.6 Å². The Morgan fingerprint density at radius 3 is 2.71 bits per heavy atom. The second-order valence-electron chi connectivity index (χ2n) is 5.72. The minimum absolute atomic E-state index is 0.00220. The summed E-state index contributed by atoms with van der Waals surface area (Å²) in [6, 6.07) is 0. The largest absolute Gasteiger partial charge is 0.481 e. The van der Waals surface area contributed by atoms with Crippen LogP contribution in [0.1, 0.15) is 24.6 Å². The van der Waals surface area contributed by atoms with Crippen molar-refractivity contribution in [2.75, 3.05) is 13.1 Å². The lowest BCUT2D eigenvalue weighted by Gasteiger charge is -2.32. The number of carboxylic acids is 2. The van der Waals surface area contributed by atoms with Gasteiger partial charge in [0.2, 0.25) is 0 Å². The van der Waals surface area contributed by atoms with Crippen molar-refractivity contribution in [3.8, 4) is 0 Å². The van der Waals surface area contributed by atoms with Crippen molar-refractivity contribution >= 4 is 11.9 Å². The fourth-order valence-electron chi connectivity index (χ4n) is 2.59. The fourth-order valence-corrected chi connectivity index (χ4v) is 2.59. The summed E-state index contributed by atoms with van der Waals surface area (Å²) in [6.45, 7) is 2.20. The van der Waals surface area contributed by atoms with Gasteiger partial charge >= 0.3 is 17.6 Å². The maximum absolute atomic E-state index is 11.9. The molecule has 1 aromatic heterocycles. The van der Waals surface area contributed by atoms with Crippen LogP contribution >= 0.6 is 0 Å². The van der Waals surface area contributed by atoms with Gasteiger partial charge in [-0.1, -0.05) is 0 Å². The Morgan fingerprint density at radius 2 is 2.08 bits per heavy atom. The molecular weight excluding hydrogens is 322 g/mol. The molecule has 10 nitrogen and oxygen atoms in total. The third-order valence-electron chi connectivity index (χ3n) is 3.81. The van der Waals surface area contributed by atoms with Gasteiger partial charge in [-0.05, 0) is 13.3 Å². The van der Waals surface area contributed by atoms with Crippen molar-refractivity contribution < 1.29 is 24.5 Å². The summed E-state index contributed by atoms with van der Waals surface area (Å²) in [5, 5.41) is 20.9. The molecule has 132 valence electrons. The fraction of sp³-hybridized carbons (Fsp3) is 0.571. The van der Waals surface area contributed by atoms with Gasteiger partial charge in [-0.3, -0.25) is 23.9 Å². The summed E-state index contributed by atoms with van der Waals surface area (Å²) in [5.41, 5.74) is -0.767. The number of carbonyl (C=O) groups is 2. The van der Waals surface area contributed by atoms with Gasteiger partial charge in [-0.25, -0.2) is 4.79 Å². The molecule has 2 heterocycles. The first-order valence-corrected chi connectivity index (χ1v) is 7.40. The number of morpholine rings is 1. The van der Waals surface area contributed by atoms with Crippen LogP contribution in [-0.4, -0.2) is 50.9 Å². The number of ether oxygens (including phenoxy) is 1. The number of aromatic nitrogens is 2. The molecular formula is C14H19N3O7. The molecule has 2 rings (SSSR count). The molecule has 10 heteroatoms. The number of nitrogens with one attached hydrogen (secondary N) is 2. The molecule has 1 saturated heterocycles. The summed E-state index contributed by atoms with van der Waals surface area (Å²) in [5.74, 6) is -3.49. The molecule has 24 heavy (non-hydrogen) atoms. The number of aromatic amines is 1. The van der Waals surface area contributed by atoms with Crippen molar-refractivity contribution in [3.05, 3.63) is 32.6 Å². The number of H-pyrrole nitrogens is 1. The van der Waals surface area contributed by atoms with Gasteiger partial charge in [0.25, 0.3) is 5.56 Å². The highest BCUT2D eigenvalue weighted by atomic mass is 16.5. The lowest BCUT2D eigenvalue weighted by molar-refractivity contribution is -0.151. The van der Waals surface area contributed by atoms with Crippen molar-refractivity contribution in [2.24, 2.45) is 5.92 Å². The topological polar surface area (TPSA) is 151 Å². The van der Waals surface area contributed by atoms with E-state index in [9.17, 15) is 19.2 Å². The molecule has 1 unspecified atom stereocenters. The first-order chi connectivity index (χ1) is 11.3. The number of aryl methyl sites for hydroxylation is 1. The van der Waals surface area contributed by atoms with Gasteiger partial charge in [-0.2, -0.15) is 0 Å². The molecule has 1 aliphatic rings. The van der Waals surface area contributed by atoms with Crippen molar-refractivity contribution in [2.45, 2.75) is 32.1 Å². The van der Waals surface area contributed by atoms with Crippen LogP contribution in [0.4, 0.5) is 0 Å². The first-order valence-electron chi connectivity index (χ1n) is 7.40. The highest BCUT2D eigenvalue weighted by molar-refractivity contribution is 5.77. The van der Waals surface area contributed by atoms with Crippen LogP contribution in [0.2, 0.25) is 0 Å². The van der Waals surface area contributed by atoms with Crippen LogP contribution in [0, 0.1) is 12.8 Å². The Labute approximate surface area is 136 Å². The molecule has 3 atom stereocenters. The lowest BCUT2D eigenvalue weighted by Crippen LogP contribution is -2.47. The van der Waals surface area contributed by atoms with E-state index in [0.717, 1.165) is 0 Å². The summed E-state index contributed by atoms with van der Waals surface area (Å²) in [7, 11) is 0. The first kappa shape index (κ1) is 17.9. The Kier molecular flexibility index (Phi) is 5.52. The van der Waals surface area contributed by atoms with Crippen molar-refractivity contribution in [3.63, 3.8) is 0 Å². The Morgan fingerprint density at radius 1 is 1.38 bits per heavy atom. The van der Waals surface area contributed by atoms with Gasteiger partial charge in [0.1, 0.15) is 0 Å². The van der Waals surface area contributed by atoms with Gasteiger partial charge in [-0.15, -0.1) is 0 Å². The maximum atomic E-state index is 11.9. The van der Waals surface area contributed by atoms with E-state index < -0.39 is 47.9 Å². The molecule has 1 aromatic rings. The highest BCUT2D eigenvalue weighted by Gasteiger charge is 2.30. The zero-order valence-corrected chi connectivity index (χ0v) is 13.0. The van der Waals surface area contributed by atoms with Crippen LogP contribution in [0.5, 0.6) is 0 Å². The van der Waals surface area contributed by atoms with E-state index in [0.29, 0.717) is 18.7 Å². The molecule has 0 amide bonds. The Hall–Kier alpha value is -2.46. The molecule has 4 N–H and O–H groups in total. The smallest absolute Gasteiger partial charge is 0.330 e. The molecule has 0 spiro atoms. The second kappa shape index (κ2) is 7.41. The maximum Gasteiger partial charge on any atom is 0.330 e. The summed E-state index contributed by atoms with van der Waals surface area (Å²) in [4.78, 5) is 47.4. The van der Waals surface area contributed by atoms with Crippen LogP contribution in [-0.2, 0) is 14.3 Å². The molecule has 0 aromatic carbocycles. The average Bonchev–Trinajstić information content (AvgIpc) is 2.50. The third-order valence-corrected chi connectivity index (χ3v) is 3.81. The van der Waals surface area contributed by atoms with E-state index in [2.05, 4.69) is 10.3 Å². The third kappa shape index (κ3) is 4.30. The summed E-state index contributed by atoms with van der Waals surface area (Å²) < 4.78 is 6.96. The standard InChI is InChI=1S/C14H19N3O7/c1-7-6-17(14(23)16-12(7)20)10-5-15-4-9(24-10)2-8(13(21)22)3-11(18)19/h6,8-10,15H,2-5H2,1H3,(H,18,19)(H,21,22)(H,16,20,23)/t8?,9-,10+/m0/s1. The van der Waals surface area contributed by atoms with Gasteiger partial charge in [0.05, 0.1) is 18.4 Å². The number of hydrogen-bond donors (Lipinski definition) is 4. The predicted molar refractivity (Wildman–Crippen MR) is 80.8 cm³/mol. The van der Waals surface area contributed by atoms with Crippen LogP contribution in [0.25, 0.3) is 0 Å². The van der Waals surface area contributed by atoms with Crippen molar-refractivity contribution in [1.82, 2.24) is 14.9 Å². The summed E-state index contributed by atoms with van der Waals surface area (Å²) >= 11 is 0. The normalized spacial score (nSPS) is 22.0. The van der Waals surface area contributed by atoms with Gasteiger partial charge < -0.3 is 20.3 Å². The van der Waals surface area contributed by atoms with E-state index in [1.54, 1.807) is 6.92 Å². The minimum atomic E-state index is -1.21. The predicted octanol–water partition coefficient (Wildman–Crippen LogP) is -1.10. The number of rotatable bonds is 6. The molecule has 1 fully saturated rings. The molecule has 0 saturated carbocycles. The number of aliphatic carboxylic acids is 2. The van der Waals surface area contributed by atoms with E-state index in [1.807, 2.05) is 0 Å². The Balaban J connectivity index is 2.13. The van der Waals surface area contributed by atoms with E-state index in [4.69, 9.17) is 14.9 Å². The zero-order valence-electron chi connectivity index (χ0n) is 13.0. The van der Waals surface area contributed by atoms with E-state index in [-0.39, 0.29) is 6.42 Å². The molecule has 1 aliphatic heterocycles. The molecule has 0 aliphatic carbocycles. The quantitative estimate of drug-likeness (QED) is 0.509. The Bertz CT molecular complexity index is 739. The van der Waals surface area contributed by atoms with Crippen molar-refractivity contribution in [1.29, 1.82) is 0 Å². The number of nitrogens with zero attached hydrogens (tertiary/aromatic N) is 1.